The Morgan fingerprint density at radius 3 is 2.49 bits per heavy atom. The lowest BCUT2D eigenvalue weighted by atomic mass is 9.94. The molecule has 7 heteroatoms. The fourth-order valence-corrected chi connectivity index (χ4v) is 4.22. The summed E-state index contributed by atoms with van der Waals surface area (Å²) in [6, 6.07) is 25.2. The molecule has 5 aromatic rings. The highest BCUT2D eigenvalue weighted by molar-refractivity contribution is 5.84. The Labute approximate surface area is 213 Å². The zero-order valence-corrected chi connectivity index (χ0v) is 20.0. The van der Waals surface area contributed by atoms with Crippen molar-refractivity contribution in [3.8, 4) is 5.75 Å². The van der Waals surface area contributed by atoms with E-state index in [0.717, 1.165) is 29.7 Å². The van der Waals surface area contributed by atoms with Gasteiger partial charge in [-0.1, -0.05) is 66.7 Å². The smallest absolute Gasteiger partial charge is 0.146 e. The number of benzene rings is 4. The lowest BCUT2D eigenvalue weighted by Gasteiger charge is -2.29. The summed E-state index contributed by atoms with van der Waals surface area (Å²) in [5.74, 6) is -1.07. The van der Waals surface area contributed by atoms with Crippen molar-refractivity contribution < 1.29 is 18.6 Å². The predicted molar refractivity (Wildman–Crippen MR) is 139 cm³/mol. The number of hydrogen-bond acceptors (Lipinski definition) is 4. The summed E-state index contributed by atoms with van der Waals surface area (Å²) in [6.45, 7) is -0.385. The van der Waals surface area contributed by atoms with E-state index in [9.17, 15) is 13.9 Å². The Kier molecular flexibility index (Phi) is 7.05. The average molecular weight is 498 g/mol. The minimum absolute atomic E-state index is 0.0835. The van der Waals surface area contributed by atoms with Gasteiger partial charge in [-0.3, -0.25) is 0 Å². The molecule has 186 valence electrons. The second kappa shape index (κ2) is 10.7. The van der Waals surface area contributed by atoms with Crippen molar-refractivity contribution in [3.63, 3.8) is 0 Å². The fourth-order valence-electron chi connectivity index (χ4n) is 4.22. The van der Waals surface area contributed by atoms with E-state index in [4.69, 9.17) is 4.74 Å². The van der Waals surface area contributed by atoms with Crippen LogP contribution in [0.2, 0.25) is 0 Å². The second-order valence-electron chi connectivity index (χ2n) is 8.89. The molecule has 5 nitrogen and oxygen atoms in total. The molecule has 1 N–H and O–H groups in total. The van der Waals surface area contributed by atoms with E-state index in [2.05, 4.69) is 52.6 Å². The van der Waals surface area contributed by atoms with Gasteiger partial charge in [-0.15, -0.1) is 0 Å². The van der Waals surface area contributed by atoms with Crippen LogP contribution < -0.4 is 4.74 Å². The Bertz CT molecular complexity index is 1520. The highest BCUT2D eigenvalue weighted by Crippen LogP contribution is 2.28. The van der Waals surface area contributed by atoms with Crippen LogP contribution in [0.25, 0.3) is 16.8 Å². The van der Waals surface area contributed by atoms with Crippen molar-refractivity contribution in [1.82, 2.24) is 14.8 Å². The molecule has 1 unspecified atom stereocenters. The van der Waals surface area contributed by atoms with E-state index in [0.29, 0.717) is 5.75 Å². The molecule has 0 aliphatic rings. The molecule has 1 heterocycles. The number of fused-ring (bicyclic) bond motifs is 1. The SMILES string of the molecule is OC(COc1ccc(CC=Cc2ccc3ccccc3c2)cc1)(Cn1cncn1)c1ccc(F)cc1F. The van der Waals surface area contributed by atoms with Gasteiger partial charge in [-0.05, 0) is 52.6 Å². The topological polar surface area (TPSA) is 60.2 Å². The summed E-state index contributed by atoms with van der Waals surface area (Å²) in [7, 11) is 0. The molecule has 0 spiro atoms. The van der Waals surface area contributed by atoms with E-state index in [1.165, 1.54) is 34.2 Å². The third kappa shape index (κ3) is 5.90. The van der Waals surface area contributed by atoms with Gasteiger partial charge in [0.1, 0.15) is 42.2 Å². The fraction of sp³-hybridized carbons (Fsp3) is 0.133. The predicted octanol–water partition coefficient (Wildman–Crippen LogP) is 5.93. The largest absolute Gasteiger partial charge is 0.490 e. The van der Waals surface area contributed by atoms with Crippen molar-refractivity contribution in [2.24, 2.45) is 0 Å². The standard InChI is InChI=1S/C30H25F2N3O2/c31-26-12-15-28(29(32)17-26)30(36,18-35-21-33-20-34-35)19-37-27-13-9-22(10-14-27)4-3-5-23-8-11-24-6-1-2-7-25(24)16-23/h1-3,5-17,20-21,36H,4,18-19H2. The summed E-state index contributed by atoms with van der Waals surface area (Å²) >= 11 is 0. The monoisotopic (exact) mass is 497 g/mol. The summed E-state index contributed by atoms with van der Waals surface area (Å²) in [4.78, 5) is 3.86. The van der Waals surface area contributed by atoms with Crippen LogP contribution in [0.15, 0.2) is 104 Å². The lowest BCUT2D eigenvalue weighted by Crippen LogP contribution is -2.39. The Hall–Kier alpha value is -4.36. The molecule has 0 aliphatic carbocycles. The van der Waals surface area contributed by atoms with Gasteiger partial charge in [-0.2, -0.15) is 5.10 Å². The minimum atomic E-state index is -1.80. The van der Waals surface area contributed by atoms with Gasteiger partial charge in [0.05, 0.1) is 6.54 Å². The number of nitrogens with zero attached hydrogens (tertiary/aromatic N) is 3. The van der Waals surface area contributed by atoms with Crippen molar-refractivity contribution in [2.75, 3.05) is 6.61 Å². The lowest BCUT2D eigenvalue weighted by molar-refractivity contribution is -0.0297. The van der Waals surface area contributed by atoms with Gasteiger partial charge in [-0.25, -0.2) is 18.4 Å². The zero-order chi connectivity index (χ0) is 25.7. The quantitative estimate of drug-likeness (QED) is 0.274. The molecule has 0 aliphatic heterocycles. The molecule has 0 saturated heterocycles. The van der Waals surface area contributed by atoms with E-state index in [-0.39, 0.29) is 18.7 Å². The van der Waals surface area contributed by atoms with Crippen molar-refractivity contribution in [2.45, 2.75) is 18.6 Å². The first-order chi connectivity index (χ1) is 18.0. The number of allylic oxidation sites excluding steroid dienone is 1. The molecule has 0 fully saturated rings. The van der Waals surface area contributed by atoms with E-state index < -0.39 is 17.2 Å². The maximum Gasteiger partial charge on any atom is 0.146 e. The van der Waals surface area contributed by atoms with Gasteiger partial charge in [0, 0.05) is 11.6 Å². The summed E-state index contributed by atoms with van der Waals surface area (Å²) in [5.41, 5.74) is 0.345. The highest BCUT2D eigenvalue weighted by atomic mass is 19.1. The summed E-state index contributed by atoms with van der Waals surface area (Å²) in [6.07, 6.45) is 7.67. The zero-order valence-electron chi connectivity index (χ0n) is 20.0. The second-order valence-corrected chi connectivity index (χ2v) is 8.89. The molecule has 1 aromatic heterocycles. The highest BCUT2D eigenvalue weighted by Gasteiger charge is 2.34. The molecule has 0 bridgehead atoms. The van der Waals surface area contributed by atoms with Crippen molar-refractivity contribution >= 4 is 16.8 Å². The number of aromatic nitrogens is 3. The number of aliphatic hydroxyl groups is 1. The van der Waals surface area contributed by atoms with Crippen LogP contribution in [0.5, 0.6) is 5.75 Å². The summed E-state index contributed by atoms with van der Waals surface area (Å²) in [5, 5.41) is 17.8. The first-order valence-corrected chi connectivity index (χ1v) is 11.9. The third-order valence-corrected chi connectivity index (χ3v) is 6.16. The Morgan fingerprint density at radius 1 is 0.919 bits per heavy atom. The third-order valence-electron chi connectivity index (χ3n) is 6.16. The maximum atomic E-state index is 14.6. The van der Waals surface area contributed by atoms with Crippen LogP contribution in [-0.2, 0) is 18.6 Å². The number of hydrogen-bond donors (Lipinski definition) is 1. The molecule has 0 amide bonds. The van der Waals surface area contributed by atoms with Gasteiger partial charge in [0.2, 0.25) is 0 Å². The molecule has 0 radical (unpaired) electrons. The molecule has 5 rings (SSSR count). The average Bonchev–Trinajstić information content (AvgIpc) is 3.41. The van der Waals surface area contributed by atoms with Crippen LogP contribution in [0, 0.1) is 11.6 Å². The van der Waals surface area contributed by atoms with Crippen LogP contribution in [0.4, 0.5) is 8.78 Å². The van der Waals surface area contributed by atoms with E-state index >= 15 is 0 Å². The minimum Gasteiger partial charge on any atom is -0.490 e. The van der Waals surface area contributed by atoms with Gasteiger partial charge in [0.15, 0.2) is 0 Å². The molecule has 37 heavy (non-hydrogen) atoms. The number of halogens is 2. The number of rotatable bonds is 9. The van der Waals surface area contributed by atoms with Gasteiger partial charge in [0.25, 0.3) is 0 Å². The molecule has 4 aromatic carbocycles. The van der Waals surface area contributed by atoms with Crippen molar-refractivity contribution in [3.05, 3.63) is 132 Å². The first-order valence-electron chi connectivity index (χ1n) is 11.9. The first kappa shape index (κ1) is 24.3. The van der Waals surface area contributed by atoms with Gasteiger partial charge >= 0.3 is 0 Å². The normalized spacial score (nSPS) is 13.2. The van der Waals surface area contributed by atoms with E-state index in [1.54, 1.807) is 12.1 Å². The maximum absolute atomic E-state index is 14.6. The van der Waals surface area contributed by atoms with Crippen LogP contribution in [0.1, 0.15) is 16.7 Å². The van der Waals surface area contributed by atoms with Crippen LogP contribution in [0.3, 0.4) is 0 Å². The Morgan fingerprint density at radius 2 is 1.73 bits per heavy atom. The van der Waals surface area contributed by atoms with Gasteiger partial charge < -0.3 is 9.84 Å². The van der Waals surface area contributed by atoms with Crippen molar-refractivity contribution in [1.29, 1.82) is 0 Å². The summed E-state index contributed by atoms with van der Waals surface area (Å²) < 4.78 is 35.2. The Balaban J connectivity index is 1.25. The van der Waals surface area contributed by atoms with E-state index in [1.807, 2.05) is 24.3 Å². The molecule has 1 atom stereocenters. The molecule has 0 saturated carbocycles. The van der Waals surface area contributed by atoms with Crippen LogP contribution >= 0.6 is 0 Å². The molecular formula is C30H25F2N3O2. The van der Waals surface area contributed by atoms with Crippen LogP contribution in [-0.4, -0.2) is 26.5 Å². The number of ether oxygens (including phenoxy) is 1. The molecular weight excluding hydrogens is 472 g/mol.